The highest BCUT2D eigenvalue weighted by molar-refractivity contribution is 5.91. The molecule has 1 aliphatic heterocycles. The van der Waals surface area contributed by atoms with Crippen LogP contribution >= 0.6 is 0 Å². The Labute approximate surface area is 108 Å². The molecule has 3 heteroatoms. The molecule has 0 bridgehead atoms. The van der Waals surface area contributed by atoms with Crippen molar-refractivity contribution in [2.45, 2.75) is 25.8 Å². The number of rotatable bonds is 2. The molecular formula is C15H19N3. The molecule has 3 heterocycles. The normalized spacial score (nSPS) is 21.9. The summed E-state index contributed by atoms with van der Waals surface area (Å²) >= 11 is 0. The molecule has 0 aromatic carbocycles. The first-order chi connectivity index (χ1) is 8.81. The fourth-order valence-electron chi connectivity index (χ4n) is 3.03. The molecule has 3 rings (SSSR count). The smallest absolute Gasteiger partial charge is 0.137 e. The van der Waals surface area contributed by atoms with E-state index in [1.54, 1.807) is 0 Å². The Bertz CT molecular complexity index is 582. The van der Waals surface area contributed by atoms with Crippen molar-refractivity contribution < 1.29 is 0 Å². The topological polar surface area (TPSA) is 31.9 Å². The van der Waals surface area contributed by atoms with Crippen LogP contribution in [0.3, 0.4) is 0 Å². The SMILES string of the molecule is C/C=C(/c1c[nH]c2ncccc12)C1CCCN1C. The molecule has 0 radical (unpaired) electrons. The van der Waals surface area contributed by atoms with Gasteiger partial charge in [-0.15, -0.1) is 0 Å². The number of likely N-dealkylation sites (tertiary alicyclic amines) is 1. The second-order valence-corrected chi connectivity index (χ2v) is 4.98. The quantitative estimate of drug-likeness (QED) is 0.876. The Balaban J connectivity index is 2.07. The molecule has 18 heavy (non-hydrogen) atoms. The number of aromatic amines is 1. The minimum absolute atomic E-state index is 0.550. The number of likely N-dealkylation sites (N-methyl/N-ethyl adjacent to an activating group) is 1. The minimum atomic E-state index is 0.550. The van der Waals surface area contributed by atoms with E-state index in [0.717, 1.165) is 5.65 Å². The van der Waals surface area contributed by atoms with Crippen LogP contribution in [-0.4, -0.2) is 34.5 Å². The van der Waals surface area contributed by atoms with Crippen LogP contribution in [0.15, 0.2) is 30.6 Å². The van der Waals surface area contributed by atoms with E-state index in [-0.39, 0.29) is 0 Å². The van der Waals surface area contributed by atoms with Crippen molar-refractivity contribution in [1.82, 2.24) is 14.9 Å². The number of H-pyrrole nitrogens is 1. The molecule has 94 valence electrons. The highest BCUT2D eigenvalue weighted by Gasteiger charge is 2.26. The van der Waals surface area contributed by atoms with E-state index in [0.29, 0.717) is 6.04 Å². The van der Waals surface area contributed by atoms with Gasteiger partial charge in [-0.3, -0.25) is 4.90 Å². The van der Waals surface area contributed by atoms with Gasteiger partial charge < -0.3 is 4.98 Å². The van der Waals surface area contributed by atoms with Crippen molar-refractivity contribution in [2.75, 3.05) is 13.6 Å². The Kier molecular flexibility index (Phi) is 2.92. The lowest BCUT2D eigenvalue weighted by atomic mass is 9.96. The molecule has 3 nitrogen and oxygen atoms in total. The van der Waals surface area contributed by atoms with Gasteiger partial charge in [-0.1, -0.05) is 6.08 Å². The van der Waals surface area contributed by atoms with Crippen LogP contribution in [0.1, 0.15) is 25.3 Å². The highest BCUT2D eigenvalue weighted by atomic mass is 15.1. The summed E-state index contributed by atoms with van der Waals surface area (Å²) < 4.78 is 0. The first kappa shape index (κ1) is 11.5. The van der Waals surface area contributed by atoms with Gasteiger partial charge in [0, 0.05) is 29.4 Å². The molecule has 1 unspecified atom stereocenters. The molecule has 0 saturated carbocycles. The Morgan fingerprint density at radius 1 is 1.56 bits per heavy atom. The van der Waals surface area contributed by atoms with E-state index in [1.165, 1.54) is 35.9 Å². The van der Waals surface area contributed by atoms with Gasteiger partial charge >= 0.3 is 0 Å². The first-order valence-corrected chi connectivity index (χ1v) is 6.60. The van der Waals surface area contributed by atoms with Gasteiger partial charge in [0.25, 0.3) is 0 Å². The maximum atomic E-state index is 4.37. The maximum Gasteiger partial charge on any atom is 0.137 e. The minimum Gasteiger partial charge on any atom is -0.346 e. The zero-order valence-electron chi connectivity index (χ0n) is 11.0. The number of hydrogen-bond acceptors (Lipinski definition) is 2. The Hall–Kier alpha value is -1.61. The van der Waals surface area contributed by atoms with Crippen LogP contribution in [0.4, 0.5) is 0 Å². The first-order valence-electron chi connectivity index (χ1n) is 6.60. The van der Waals surface area contributed by atoms with Crippen molar-refractivity contribution in [3.05, 3.63) is 36.2 Å². The Morgan fingerprint density at radius 3 is 3.17 bits per heavy atom. The van der Waals surface area contributed by atoms with Crippen molar-refractivity contribution in [2.24, 2.45) is 0 Å². The molecule has 0 spiro atoms. The van der Waals surface area contributed by atoms with Crippen LogP contribution in [0, 0.1) is 0 Å². The van der Waals surface area contributed by atoms with Gasteiger partial charge in [0.2, 0.25) is 0 Å². The predicted molar refractivity (Wildman–Crippen MR) is 75.4 cm³/mol. The van der Waals surface area contributed by atoms with Crippen molar-refractivity contribution in [3.8, 4) is 0 Å². The lowest BCUT2D eigenvalue weighted by Crippen LogP contribution is -2.25. The fourth-order valence-corrected chi connectivity index (χ4v) is 3.03. The third kappa shape index (κ3) is 1.75. The lowest BCUT2D eigenvalue weighted by Gasteiger charge is -2.22. The van der Waals surface area contributed by atoms with Gasteiger partial charge in [0.1, 0.15) is 5.65 Å². The third-order valence-electron chi connectivity index (χ3n) is 3.95. The van der Waals surface area contributed by atoms with Crippen LogP contribution in [-0.2, 0) is 0 Å². The van der Waals surface area contributed by atoms with Crippen molar-refractivity contribution in [1.29, 1.82) is 0 Å². The summed E-state index contributed by atoms with van der Waals surface area (Å²) in [6.45, 7) is 3.33. The summed E-state index contributed by atoms with van der Waals surface area (Å²) in [5, 5.41) is 1.23. The number of aromatic nitrogens is 2. The lowest BCUT2D eigenvalue weighted by molar-refractivity contribution is 0.365. The van der Waals surface area contributed by atoms with Gasteiger partial charge in [0.05, 0.1) is 0 Å². The predicted octanol–water partition coefficient (Wildman–Crippen LogP) is 3.06. The summed E-state index contributed by atoms with van der Waals surface area (Å²) in [6.07, 6.45) is 8.73. The molecule has 1 atom stereocenters. The van der Waals surface area contributed by atoms with Gasteiger partial charge in [0.15, 0.2) is 0 Å². The summed E-state index contributed by atoms with van der Waals surface area (Å²) in [6, 6.07) is 4.70. The summed E-state index contributed by atoms with van der Waals surface area (Å²) in [7, 11) is 2.22. The number of allylic oxidation sites excluding steroid dienone is 1. The zero-order valence-corrected chi connectivity index (χ0v) is 11.0. The number of pyridine rings is 1. The van der Waals surface area contributed by atoms with E-state index < -0.39 is 0 Å². The van der Waals surface area contributed by atoms with Crippen LogP contribution in [0.25, 0.3) is 16.6 Å². The summed E-state index contributed by atoms with van der Waals surface area (Å²) in [5.74, 6) is 0. The highest BCUT2D eigenvalue weighted by Crippen LogP contribution is 2.32. The largest absolute Gasteiger partial charge is 0.346 e. The third-order valence-corrected chi connectivity index (χ3v) is 3.95. The molecule has 1 fully saturated rings. The standard InChI is InChI=1S/C15H19N3/c1-3-11(14-7-5-9-18(14)2)13-10-17-15-12(13)6-4-8-16-15/h3-4,6,8,10,14H,5,7,9H2,1-2H3,(H,16,17)/b11-3-. The molecule has 0 aliphatic carbocycles. The molecule has 1 aliphatic rings. The molecule has 1 saturated heterocycles. The zero-order chi connectivity index (χ0) is 12.5. The van der Waals surface area contributed by atoms with Crippen LogP contribution in [0.2, 0.25) is 0 Å². The average Bonchev–Trinajstić information content (AvgIpc) is 2.99. The number of nitrogens with one attached hydrogen (secondary N) is 1. The second-order valence-electron chi connectivity index (χ2n) is 4.98. The van der Waals surface area contributed by atoms with Crippen molar-refractivity contribution in [3.63, 3.8) is 0 Å². The maximum absolute atomic E-state index is 4.37. The van der Waals surface area contributed by atoms with E-state index >= 15 is 0 Å². The molecule has 2 aromatic heterocycles. The fraction of sp³-hybridized carbons (Fsp3) is 0.400. The van der Waals surface area contributed by atoms with Crippen LogP contribution < -0.4 is 0 Å². The Morgan fingerprint density at radius 2 is 2.44 bits per heavy atom. The molecule has 2 aromatic rings. The van der Waals surface area contributed by atoms with E-state index in [2.05, 4.69) is 47.2 Å². The van der Waals surface area contributed by atoms with Gasteiger partial charge in [-0.2, -0.15) is 0 Å². The molecule has 1 N–H and O–H groups in total. The van der Waals surface area contributed by atoms with Crippen LogP contribution in [0.5, 0.6) is 0 Å². The number of fused-ring (bicyclic) bond motifs is 1. The summed E-state index contributed by atoms with van der Waals surface area (Å²) in [4.78, 5) is 10.1. The average molecular weight is 241 g/mol. The van der Waals surface area contributed by atoms with E-state index in [1.807, 2.05) is 12.3 Å². The number of nitrogens with zero attached hydrogens (tertiary/aromatic N) is 2. The molecule has 0 amide bonds. The second kappa shape index (κ2) is 4.58. The monoisotopic (exact) mass is 241 g/mol. The van der Waals surface area contributed by atoms with Crippen molar-refractivity contribution >= 4 is 16.6 Å². The number of hydrogen-bond donors (Lipinski definition) is 1. The summed E-state index contributed by atoms with van der Waals surface area (Å²) in [5.41, 5.74) is 3.71. The molecular weight excluding hydrogens is 222 g/mol. The van der Waals surface area contributed by atoms with E-state index in [9.17, 15) is 0 Å². The van der Waals surface area contributed by atoms with Gasteiger partial charge in [-0.25, -0.2) is 4.98 Å². The van der Waals surface area contributed by atoms with Gasteiger partial charge in [-0.05, 0) is 51.1 Å². The van der Waals surface area contributed by atoms with E-state index in [4.69, 9.17) is 0 Å².